The molecule has 2 aliphatic rings. The number of rotatable bonds is 6. The number of fused-ring (bicyclic) bond motifs is 1. The molecule has 5 rings (SSSR count). The number of likely N-dealkylation sites (tertiary alicyclic amines) is 1. The first kappa shape index (κ1) is 21.5. The first-order valence-corrected chi connectivity index (χ1v) is 11.7. The average Bonchev–Trinajstić information content (AvgIpc) is 3.58. The van der Waals surface area contributed by atoms with E-state index in [4.69, 9.17) is 8.83 Å². The number of nitrogens with one attached hydrogen (secondary N) is 1. The third kappa shape index (κ3) is 4.59. The molecule has 2 aromatic heterocycles. The van der Waals surface area contributed by atoms with Crippen molar-refractivity contribution in [2.45, 2.75) is 44.3 Å². The molecule has 2 atom stereocenters. The van der Waals surface area contributed by atoms with Gasteiger partial charge in [-0.25, -0.2) is 0 Å². The van der Waals surface area contributed by atoms with Crippen molar-refractivity contribution >= 4 is 11.8 Å². The predicted octanol–water partition coefficient (Wildman–Crippen LogP) is 3.78. The Morgan fingerprint density at radius 2 is 1.70 bits per heavy atom. The summed E-state index contributed by atoms with van der Waals surface area (Å²) in [5.74, 6) is 0.676. The molecule has 4 heterocycles. The third-order valence-electron chi connectivity index (χ3n) is 6.72. The van der Waals surface area contributed by atoms with E-state index in [9.17, 15) is 9.59 Å². The Morgan fingerprint density at radius 3 is 2.42 bits per heavy atom. The largest absolute Gasteiger partial charge is 0.468 e. The van der Waals surface area contributed by atoms with Gasteiger partial charge >= 0.3 is 0 Å². The smallest absolute Gasteiger partial charge is 0.290 e. The van der Waals surface area contributed by atoms with Crippen molar-refractivity contribution in [3.05, 3.63) is 83.7 Å². The van der Waals surface area contributed by atoms with Gasteiger partial charge < -0.3 is 19.1 Å². The number of hydrogen-bond donors (Lipinski definition) is 1. The van der Waals surface area contributed by atoms with Crippen LogP contribution in [0.5, 0.6) is 0 Å². The molecule has 2 aliphatic heterocycles. The molecule has 0 spiro atoms. The van der Waals surface area contributed by atoms with Crippen molar-refractivity contribution in [2.24, 2.45) is 0 Å². The number of benzene rings is 1. The van der Waals surface area contributed by atoms with Crippen molar-refractivity contribution < 1.29 is 18.4 Å². The zero-order chi connectivity index (χ0) is 22.6. The lowest BCUT2D eigenvalue weighted by Gasteiger charge is -2.37. The van der Waals surface area contributed by atoms with Gasteiger partial charge in [0.2, 0.25) is 5.91 Å². The van der Waals surface area contributed by atoms with Gasteiger partial charge in [-0.1, -0.05) is 30.7 Å². The Bertz CT molecular complexity index is 1070. The summed E-state index contributed by atoms with van der Waals surface area (Å²) in [6.45, 7) is 2.79. The molecule has 172 valence electrons. The Kier molecular flexibility index (Phi) is 6.30. The molecular formula is C26H29N3O4. The van der Waals surface area contributed by atoms with E-state index in [1.165, 1.54) is 12.7 Å². The Labute approximate surface area is 193 Å². The van der Waals surface area contributed by atoms with Crippen molar-refractivity contribution in [1.82, 2.24) is 15.1 Å². The first-order valence-electron chi connectivity index (χ1n) is 11.7. The van der Waals surface area contributed by atoms with Crippen molar-refractivity contribution in [3.8, 4) is 0 Å². The second-order valence-corrected chi connectivity index (χ2v) is 8.77. The highest BCUT2D eigenvalue weighted by molar-refractivity contribution is 5.96. The van der Waals surface area contributed by atoms with Crippen LogP contribution in [0.4, 0.5) is 0 Å². The van der Waals surface area contributed by atoms with Crippen LogP contribution in [0.3, 0.4) is 0 Å². The maximum atomic E-state index is 13.5. The molecule has 7 nitrogen and oxygen atoms in total. The number of amides is 2. The van der Waals surface area contributed by atoms with E-state index in [1.54, 1.807) is 23.3 Å². The van der Waals surface area contributed by atoms with E-state index in [1.807, 2.05) is 36.4 Å². The first-order chi connectivity index (χ1) is 16.2. The summed E-state index contributed by atoms with van der Waals surface area (Å²) in [6, 6.07) is 14.5. The van der Waals surface area contributed by atoms with Gasteiger partial charge in [0.25, 0.3) is 5.91 Å². The summed E-state index contributed by atoms with van der Waals surface area (Å²) >= 11 is 0. The maximum Gasteiger partial charge on any atom is 0.290 e. The van der Waals surface area contributed by atoms with Crippen molar-refractivity contribution in [1.29, 1.82) is 0 Å². The van der Waals surface area contributed by atoms with E-state index < -0.39 is 6.04 Å². The fourth-order valence-electron chi connectivity index (χ4n) is 4.95. The SMILES string of the molecule is O=C(NCC(c1ccco1)N1CCCCC1)C1Cc2ccccc2CN1C(=O)c1ccco1. The van der Waals surface area contributed by atoms with Gasteiger partial charge in [-0.2, -0.15) is 0 Å². The van der Waals surface area contributed by atoms with Crippen LogP contribution in [-0.4, -0.2) is 47.3 Å². The number of carbonyl (C=O) groups excluding carboxylic acids is 2. The van der Waals surface area contributed by atoms with Gasteiger partial charge in [0.15, 0.2) is 5.76 Å². The fourth-order valence-corrected chi connectivity index (χ4v) is 4.95. The molecule has 0 bridgehead atoms. The fraction of sp³-hybridized carbons (Fsp3) is 0.385. The molecule has 1 N–H and O–H groups in total. The quantitative estimate of drug-likeness (QED) is 0.622. The Hall–Kier alpha value is -3.32. The summed E-state index contributed by atoms with van der Waals surface area (Å²) in [6.07, 6.45) is 7.16. The lowest BCUT2D eigenvalue weighted by Crippen LogP contribution is -2.53. The second kappa shape index (κ2) is 9.67. The molecule has 7 heteroatoms. The monoisotopic (exact) mass is 447 g/mol. The topological polar surface area (TPSA) is 78.9 Å². The van der Waals surface area contributed by atoms with E-state index in [-0.39, 0.29) is 23.6 Å². The summed E-state index contributed by atoms with van der Waals surface area (Å²) in [4.78, 5) is 30.7. The van der Waals surface area contributed by atoms with Crippen LogP contribution in [0.25, 0.3) is 0 Å². The van der Waals surface area contributed by atoms with Gasteiger partial charge in [-0.05, 0) is 61.3 Å². The van der Waals surface area contributed by atoms with Crippen LogP contribution in [-0.2, 0) is 17.8 Å². The van der Waals surface area contributed by atoms with Gasteiger partial charge in [0.1, 0.15) is 11.8 Å². The zero-order valence-electron chi connectivity index (χ0n) is 18.6. The minimum atomic E-state index is -0.601. The molecule has 0 radical (unpaired) electrons. The summed E-state index contributed by atoms with van der Waals surface area (Å²) in [5.41, 5.74) is 2.16. The molecule has 1 aromatic carbocycles. The molecule has 2 unspecified atom stereocenters. The van der Waals surface area contributed by atoms with Crippen molar-refractivity contribution in [2.75, 3.05) is 19.6 Å². The van der Waals surface area contributed by atoms with Crippen LogP contribution in [0, 0.1) is 0 Å². The molecule has 1 fully saturated rings. The maximum absolute atomic E-state index is 13.5. The molecule has 0 aliphatic carbocycles. The molecular weight excluding hydrogens is 418 g/mol. The summed E-state index contributed by atoms with van der Waals surface area (Å²) < 4.78 is 11.1. The summed E-state index contributed by atoms with van der Waals surface area (Å²) in [7, 11) is 0. The van der Waals surface area contributed by atoms with Crippen LogP contribution in [0.15, 0.2) is 69.9 Å². The Morgan fingerprint density at radius 1 is 0.939 bits per heavy atom. The van der Waals surface area contributed by atoms with Gasteiger partial charge in [0, 0.05) is 19.5 Å². The van der Waals surface area contributed by atoms with E-state index in [0.29, 0.717) is 19.5 Å². The number of piperidine rings is 1. The zero-order valence-corrected chi connectivity index (χ0v) is 18.6. The third-order valence-corrected chi connectivity index (χ3v) is 6.72. The molecule has 2 amide bonds. The van der Waals surface area contributed by atoms with Crippen LogP contribution < -0.4 is 5.32 Å². The number of nitrogens with zero attached hydrogens (tertiary/aromatic N) is 2. The Balaban J connectivity index is 1.35. The van der Waals surface area contributed by atoms with Crippen LogP contribution in [0.1, 0.15) is 52.7 Å². The standard InChI is InChI=1S/C26H29N3O4/c30-25(27-17-22(23-10-6-14-32-23)28-12-4-1-5-13-28)21-16-19-8-2-3-9-20(19)18-29(21)26(31)24-11-7-15-33-24/h2-3,6-11,14-15,21-22H,1,4-5,12-13,16-18H2,(H,27,30). The molecule has 33 heavy (non-hydrogen) atoms. The minimum Gasteiger partial charge on any atom is -0.468 e. The number of furan rings is 2. The number of carbonyl (C=O) groups is 2. The normalized spacial score (nSPS) is 19.6. The highest BCUT2D eigenvalue weighted by Gasteiger charge is 2.36. The lowest BCUT2D eigenvalue weighted by atomic mass is 9.93. The second-order valence-electron chi connectivity index (χ2n) is 8.77. The molecule has 3 aromatic rings. The van der Waals surface area contributed by atoms with Gasteiger partial charge in [-0.3, -0.25) is 14.5 Å². The number of hydrogen-bond acceptors (Lipinski definition) is 5. The lowest BCUT2D eigenvalue weighted by molar-refractivity contribution is -0.126. The minimum absolute atomic E-state index is 0.0191. The highest BCUT2D eigenvalue weighted by Crippen LogP contribution is 2.27. The van der Waals surface area contributed by atoms with E-state index in [0.717, 1.165) is 42.8 Å². The van der Waals surface area contributed by atoms with Gasteiger partial charge in [-0.15, -0.1) is 0 Å². The highest BCUT2D eigenvalue weighted by atomic mass is 16.3. The molecule has 0 saturated carbocycles. The van der Waals surface area contributed by atoms with E-state index in [2.05, 4.69) is 10.2 Å². The van der Waals surface area contributed by atoms with Crippen LogP contribution in [0.2, 0.25) is 0 Å². The molecule has 1 saturated heterocycles. The van der Waals surface area contributed by atoms with Gasteiger partial charge in [0.05, 0.1) is 18.6 Å². The summed E-state index contributed by atoms with van der Waals surface area (Å²) in [5, 5.41) is 3.13. The van der Waals surface area contributed by atoms with Crippen molar-refractivity contribution in [3.63, 3.8) is 0 Å². The van der Waals surface area contributed by atoms with E-state index >= 15 is 0 Å². The van der Waals surface area contributed by atoms with Crippen LogP contribution >= 0.6 is 0 Å². The average molecular weight is 448 g/mol. The predicted molar refractivity (Wildman–Crippen MR) is 122 cm³/mol.